The average molecular weight is 369 g/mol. The highest BCUT2D eigenvalue weighted by Gasteiger charge is 2.66. The van der Waals surface area contributed by atoms with Crippen LogP contribution in [0.15, 0.2) is 35.6 Å². The Morgan fingerprint density at radius 1 is 1.15 bits per heavy atom. The lowest BCUT2D eigenvalue weighted by atomic mass is 9.47. The van der Waals surface area contributed by atoms with E-state index in [1.807, 2.05) is 0 Å². The fraction of sp³-hybridized carbons (Fsp3) is 0.760. The van der Waals surface area contributed by atoms with E-state index < -0.39 is 0 Å². The van der Waals surface area contributed by atoms with Crippen LogP contribution in [0.1, 0.15) is 72.1 Å². The zero-order chi connectivity index (χ0) is 18.9. The van der Waals surface area contributed by atoms with Crippen LogP contribution in [0.2, 0.25) is 0 Å². The zero-order valence-electron chi connectivity index (χ0n) is 17.5. The van der Waals surface area contributed by atoms with Crippen molar-refractivity contribution in [1.29, 1.82) is 0 Å². The van der Waals surface area contributed by atoms with Crippen LogP contribution >= 0.6 is 0 Å². The summed E-state index contributed by atoms with van der Waals surface area (Å²) in [6.45, 7) is 13.3. The Kier molecular flexibility index (Phi) is 4.00. The first-order chi connectivity index (χ1) is 12.9. The second-order valence-corrected chi connectivity index (χ2v) is 10.3. The number of fused-ring (bicyclic) bond motifs is 6. The molecule has 0 bridgehead atoms. The first-order valence-corrected chi connectivity index (χ1v) is 11.3. The third kappa shape index (κ3) is 2.23. The van der Waals surface area contributed by atoms with Crippen LogP contribution in [0.3, 0.4) is 0 Å². The molecule has 1 saturated heterocycles. The molecule has 4 aliphatic carbocycles. The van der Waals surface area contributed by atoms with E-state index >= 15 is 0 Å². The van der Waals surface area contributed by atoms with E-state index in [-0.39, 0.29) is 5.60 Å². The molecular weight excluding hydrogens is 332 g/mol. The molecule has 0 aromatic carbocycles. The Labute approximate surface area is 165 Å². The largest absolute Gasteiger partial charge is 0.498 e. The van der Waals surface area contributed by atoms with Crippen LogP contribution in [0.25, 0.3) is 0 Å². The van der Waals surface area contributed by atoms with Gasteiger partial charge in [0.1, 0.15) is 0 Å². The van der Waals surface area contributed by atoms with E-state index in [2.05, 4.69) is 39.5 Å². The van der Waals surface area contributed by atoms with E-state index in [1.165, 1.54) is 49.9 Å². The van der Waals surface area contributed by atoms with E-state index in [0.717, 1.165) is 43.8 Å². The lowest BCUT2D eigenvalue weighted by Crippen LogP contribution is -2.54. The normalized spacial score (nSPS) is 48.6. The van der Waals surface area contributed by atoms with Crippen molar-refractivity contribution in [3.63, 3.8) is 0 Å². The lowest BCUT2D eigenvalue weighted by molar-refractivity contribution is -0.115. The Balaban J connectivity index is 1.48. The first kappa shape index (κ1) is 18.0. The van der Waals surface area contributed by atoms with Crippen LogP contribution in [-0.2, 0) is 9.47 Å². The van der Waals surface area contributed by atoms with Crippen molar-refractivity contribution in [2.75, 3.05) is 13.2 Å². The molecule has 5 rings (SSSR count). The van der Waals surface area contributed by atoms with Crippen molar-refractivity contribution < 1.29 is 9.47 Å². The van der Waals surface area contributed by atoms with Gasteiger partial charge in [0.05, 0.1) is 24.6 Å². The van der Waals surface area contributed by atoms with Crippen LogP contribution in [0.4, 0.5) is 0 Å². The highest BCUT2D eigenvalue weighted by atomic mass is 16.5. The summed E-state index contributed by atoms with van der Waals surface area (Å²) in [4.78, 5) is 0. The predicted octanol–water partition coefficient (Wildman–Crippen LogP) is 6.19. The molecular formula is C25H36O2. The van der Waals surface area contributed by atoms with Crippen molar-refractivity contribution in [2.24, 2.45) is 28.6 Å². The molecule has 2 heteroatoms. The van der Waals surface area contributed by atoms with Crippen molar-refractivity contribution in [3.05, 3.63) is 35.6 Å². The molecule has 1 spiro atoms. The van der Waals surface area contributed by atoms with Crippen LogP contribution < -0.4 is 0 Å². The second-order valence-electron chi connectivity index (χ2n) is 10.3. The molecule has 5 aliphatic rings. The summed E-state index contributed by atoms with van der Waals surface area (Å²) < 4.78 is 12.4. The second kappa shape index (κ2) is 5.99. The maximum Gasteiger partial charge on any atom is 0.0962 e. The molecule has 27 heavy (non-hydrogen) atoms. The van der Waals surface area contributed by atoms with E-state index in [1.54, 1.807) is 5.57 Å². The van der Waals surface area contributed by atoms with Crippen molar-refractivity contribution in [1.82, 2.24) is 0 Å². The molecule has 148 valence electrons. The van der Waals surface area contributed by atoms with Gasteiger partial charge in [-0.25, -0.2) is 0 Å². The standard InChI is InChI=1S/C25H36O2/c1-5-26-19-8-12-23(3)18(16-19)6-7-20-21(23)9-13-24(4)22(20)10-14-25(24)17(2)11-15-27-25/h6,16,20-22H,2,5,7-15H2,1,3-4H3/t20-,21+,22+,23+,24+,25+/m1/s1. The van der Waals surface area contributed by atoms with Crippen molar-refractivity contribution in [2.45, 2.75) is 77.7 Å². The van der Waals surface area contributed by atoms with Gasteiger partial charge in [-0.3, -0.25) is 0 Å². The van der Waals surface area contributed by atoms with E-state index in [9.17, 15) is 0 Å². The third-order valence-electron chi connectivity index (χ3n) is 9.50. The minimum Gasteiger partial charge on any atom is -0.498 e. The highest BCUT2D eigenvalue weighted by molar-refractivity contribution is 5.37. The Morgan fingerprint density at radius 3 is 2.70 bits per heavy atom. The van der Waals surface area contributed by atoms with Gasteiger partial charge in [0.15, 0.2) is 0 Å². The molecule has 1 heterocycles. The van der Waals surface area contributed by atoms with Crippen LogP contribution in [0.5, 0.6) is 0 Å². The van der Waals surface area contributed by atoms with Gasteiger partial charge in [0, 0.05) is 11.8 Å². The van der Waals surface area contributed by atoms with Gasteiger partial charge in [-0.1, -0.05) is 26.5 Å². The maximum atomic E-state index is 6.50. The van der Waals surface area contributed by atoms with Gasteiger partial charge < -0.3 is 9.47 Å². The zero-order valence-corrected chi connectivity index (χ0v) is 17.5. The number of hydrogen-bond donors (Lipinski definition) is 0. The molecule has 1 aliphatic heterocycles. The van der Waals surface area contributed by atoms with Gasteiger partial charge >= 0.3 is 0 Å². The molecule has 0 amide bonds. The molecule has 2 nitrogen and oxygen atoms in total. The number of rotatable bonds is 2. The fourth-order valence-electron chi connectivity index (χ4n) is 8.07. The van der Waals surface area contributed by atoms with Crippen LogP contribution in [-0.4, -0.2) is 18.8 Å². The topological polar surface area (TPSA) is 18.5 Å². The first-order valence-electron chi connectivity index (χ1n) is 11.3. The summed E-state index contributed by atoms with van der Waals surface area (Å²) in [5, 5.41) is 0. The smallest absolute Gasteiger partial charge is 0.0962 e. The molecule has 0 radical (unpaired) electrons. The molecule has 6 atom stereocenters. The fourth-order valence-corrected chi connectivity index (χ4v) is 8.07. The van der Waals surface area contributed by atoms with Gasteiger partial charge in [0.2, 0.25) is 0 Å². The molecule has 0 N–H and O–H groups in total. The SMILES string of the molecule is C=C1CCO[C@@]12CC[C@H]1[C@@H]3CC=C4C=C(OCC)CC[C@]4(C)[C@H]3CC[C@@]12C. The Morgan fingerprint density at radius 2 is 1.96 bits per heavy atom. The molecule has 0 aromatic rings. The van der Waals surface area contributed by atoms with Gasteiger partial charge in [-0.15, -0.1) is 0 Å². The number of ether oxygens (including phenoxy) is 2. The minimum absolute atomic E-state index is 0.0118. The van der Waals surface area contributed by atoms with Crippen molar-refractivity contribution in [3.8, 4) is 0 Å². The lowest BCUT2D eigenvalue weighted by Gasteiger charge is -2.58. The summed E-state index contributed by atoms with van der Waals surface area (Å²) in [5.41, 5.74) is 3.59. The molecule has 2 saturated carbocycles. The van der Waals surface area contributed by atoms with Gasteiger partial charge in [-0.05, 0) is 92.3 Å². The highest BCUT2D eigenvalue weighted by Crippen LogP contribution is 2.69. The minimum atomic E-state index is -0.0118. The summed E-state index contributed by atoms with van der Waals surface area (Å²) >= 11 is 0. The van der Waals surface area contributed by atoms with Crippen molar-refractivity contribution >= 4 is 0 Å². The maximum absolute atomic E-state index is 6.50. The molecule has 0 aromatic heterocycles. The number of allylic oxidation sites excluding steroid dienone is 4. The van der Waals surface area contributed by atoms with E-state index in [4.69, 9.17) is 9.47 Å². The average Bonchev–Trinajstić information content (AvgIpc) is 3.17. The molecule has 3 fully saturated rings. The predicted molar refractivity (Wildman–Crippen MR) is 109 cm³/mol. The van der Waals surface area contributed by atoms with Crippen LogP contribution in [0, 0.1) is 28.6 Å². The summed E-state index contributed by atoms with van der Waals surface area (Å²) in [6.07, 6.45) is 14.8. The number of hydrogen-bond acceptors (Lipinski definition) is 2. The quantitative estimate of drug-likeness (QED) is 0.541. The summed E-state index contributed by atoms with van der Waals surface area (Å²) in [6, 6.07) is 0. The van der Waals surface area contributed by atoms with Gasteiger partial charge in [0.25, 0.3) is 0 Å². The summed E-state index contributed by atoms with van der Waals surface area (Å²) in [5.74, 6) is 3.63. The summed E-state index contributed by atoms with van der Waals surface area (Å²) in [7, 11) is 0. The Bertz CT molecular complexity index is 718. The molecule has 0 unspecified atom stereocenters. The van der Waals surface area contributed by atoms with Gasteiger partial charge in [-0.2, -0.15) is 0 Å². The Hall–Kier alpha value is -1.02. The van der Waals surface area contributed by atoms with E-state index in [0.29, 0.717) is 10.8 Å². The monoisotopic (exact) mass is 368 g/mol. The third-order valence-corrected chi connectivity index (χ3v) is 9.50.